The zero-order valence-corrected chi connectivity index (χ0v) is 18.7. The summed E-state index contributed by atoms with van der Waals surface area (Å²) >= 11 is 0. The van der Waals surface area contributed by atoms with E-state index in [2.05, 4.69) is 30.3 Å². The first-order valence-corrected chi connectivity index (χ1v) is 11.3. The van der Waals surface area contributed by atoms with Crippen molar-refractivity contribution in [3.8, 4) is 11.5 Å². The molecule has 5 rings (SSSR count). The summed E-state index contributed by atoms with van der Waals surface area (Å²) < 4.78 is 30.2. The number of fused-ring (bicyclic) bond motifs is 2. The Morgan fingerprint density at radius 3 is 2.33 bits per heavy atom. The van der Waals surface area contributed by atoms with Crippen LogP contribution in [0.3, 0.4) is 0 Å². The summed E-state index contributed by atoms with van der Waals surface area (Å²) in [7, 11) is 1.67. The first-order chi connectivity index (χ1) is 16.3. The normalized spacial score (nSPS) is 21.4. The van der Waals surface area contributed by atoms with Crippen molar-refractivity contribution in [3.63, 3.8) is 0 Å². The molecule has 0 fully saturated rings. The third-order valence-electron chi connectivity index (χ3n) is 5.92. The molecule has 0 amide bonds. The molecule has 5 heteroatoms. The molecular formula is C28H28O5. The number of methoxy groups -OCH3 is 1. The number of rotatable bonds is 8. The zero-order chi connectivity index (χ0) is 22.5. The van der Waals surface area contributed by atoms with Crippen LogP contribution in [0.2, 0.25) is 0 Å². The zero-order valence-electron chi connectivity index (χ0n) is 18.7. The second-order valence-electron chi connectivity index (χ2n) is 8.28. The molecule has 0 unspecified atom stereocenters. The van der Waals surface area contributed by atoms with Gasteiger partial charge in [0.2, 0.25) is 6.29 Å². The van der Waals surface area contributed by atoms with E-state index < -0.39 is 6.29 Å². The Morgan fingerprint density at radius 1 is 0.879 bits per heavy atom. The smallest absolute Gasteiger partial charge is 0.223 e. The molecule has 0 bridgehead atoms. The highest BCUT2D eigenvalue weighted by Gasteiger charge is 2.37. The highest BCUT2D eigenvalue weighted by atomic mass is 16.7. The van der Waals surface area contributed by atoms with E-state index in [4.69, 9.17) is 23.7 Å². The number of ether oxygens (including phenoxy) is 5. The van der Waals surface area contributed by atoms with Gasteiger partial charge in [-0.3, -0.25) is 0 Å². The standard InChI is InChI=1S/C28H28O5/c1-29-24-12-13-25-22(15-24)14-23-16-26(31-18-21-10-6-3-7-11-21)27(33-28(23)32-25)19-30-17-20-8-4-2-5-9-20/h2-13,15-16,26-28H,14,17-19H2,1H3/t26-,27-,28+/m1/s1. The number of hydrogen-bond acceptors (Lipinski definition) is 5. The van der Waals surface area contributed by atoms with E-state index in [0.717, 1.165) is 40.2 Å². The molecule has 0 saturated heterocycles. The minimum absolute atomic E-state index is 0.233. The van der Waals surface area contributed by atoms with Gasteiger partial charge in [-0.25, -0.2) is 0 Å². The van der Waals surface area contributed by atoms with E-state index in [9.17, 15) is 0 Å². The van der Waals surface area contributed by atoms with Crippen LogP contribution in [0, 0.1) is 0 Å². The Balaban J connectivity index is 1.31. The molecule has 33 heavy (non-hydrogen) atoms. The van der Waals surface area contributed by atoms with Gasteiger partial charge in [0.25, 0.3) is 0 Å². The molecule has 2 aliphatic heterocycles. The van der Waals surface area contributed by atoms with Crippen molar-refractivity contribution < 1.29 is 23.7 Å². The first kappa shape index (κ1) is 21.7. The maximum atomic E-state index is 6.37. The maximum absolute atomic E-state index is 6.37. The largest absolute Gasteiger partial charge is 0.497 e. The lowest BCUT2D eigenvalue weighted by Gasteiger charge is -2.38. The topological polar surface area (TPSA) is 46.2 Å². The maximum Gasteiger partial charge on any atom is 0.223 e. The van der Waals surface area contributed by atoms with E-state index >= 15 is 0 Å². The number of hydrogen-bond donors (Lipinski definition) is 0. The Bertz CT molecular complexity index is 1080. The van der Waals surface area contributed by atoms with Gasteiger partial charge in [-0.2, -0.15) is 0 Å². The summed E-state index contributed by atoms with van der Waals surface area (Å²) in [5, 5.41) is 0. The Kier molecular flexibility index (Phi) is 6.72. The van der Waals surface area contributed by atoms with Gasteiger partial charge in [-0.05, 0) is 35.4 Å². The van der Waals surface area contributed by atoms with E-state index in [1.807, 2.05) is 54.6 Å². The highest BCUT2D eigenvalue weighted by Crippen LogP contribution is 2.37. The Hall–Kier alpha value is -3.12. The summed E-state index contributed by atoms with van der Waals surface area (Å²) in [6.07, 6.45) is 1.94. The fourth-order valence-corrected chi connectivity index (χ4v) is 4.16. The van der Waals surface area contributed by atoms with Crippen molar-refractivity contribution in [1.29, 1.82) is 0 Å². The van der Waals surface area contributed by atoms with Crippen LogP contribution in [0.1, 0.15) is 16.7 Å². The van der Waals surface area contributed by atoms with Crippen molar-refractivity contribution in [1.82, 2.24) is 0 Å². The monoisotopic (exact) mass is 444 g/mol. The second-order valence-corrected chi connectivity index (χ2v) is 8.28. The van der Waals surface area contributed by atoms with Crippen LogP contribution in [0.5, 0.6) is 11.5 Å². The minimum atomic E-state index is -0.437. The van der Waals surface area contributed by atoms with Gasteiger partial charge in [0.1, 0.15) is 23.7 Å². The SMILES string of the molecule is COc1ccc2c(c1)CC1=C[C@@H](OCc3ccccc3)[C@@H](COCc3ccccc3)O[C@@H]1O2. The lowest BCUT2D eigenvalue weighted by molar-refractivity contribution is -0.173. The fraction of sp³-hybridized carbons (Fsp3) is 0.286. The van der Waals surface area contributed by atoms with Crippen LogP contribution in [0.4, 0.5) is 0 Å². The average molecular weight is 445 g/mol. The fourth-order valence-electron chi connectivity index (χ4n) is 4.16. The predicted molar refractivity (Wildman–Crippen MR) is 125 cm³/mol. The molecule has 5 nitrogen and oxygen atoms in total. The third kappa shape index (κ3) is 5.28. The molecule has 3 aromatic rings. The molecule has 0 radical (unpaired) electrons. The van der Waals surface area contributed by atoms with Gasteiger partial charge in [-0.15, -0.1) is 0 Å². The van der Waals surface area contributed by atoms with E-state index in [0.29, 0.717) is 19.8 Å². The van der Waals surface area contributed by atoms with Gasteiger partial charge in [-0.1, -0.05) is 60.7 Å². The summed E-state index contributed by atoms with van der Waals surface area (Å²) in [4.78, 5) is 0. The molecule has 3 aromatic carbocycles. The van der Waals surface area contributed by atoms with Gasteiger partial charge >= 0.3 is 0 Å². The number of benzene rings is 3. The molecule has 170 valence electrons. The highest BCUT2D eigenvalue weighted by molar-refractivity contribution is 5.45. The van der Waals surface area contributed by atoms with Crippen molar-refractivity contribution in [3.05, 3.63) is 107 Å². The van der Waals surface area contributed by atoms with Crippen LogP contribution < -0.4 is 9.47 Å². The van der Waals surface area contributed by atoms with Gasteiger partial charge in [0.15, 0.2) is 0 Å². The van der Waals surface area contributed by atoms with Crippen LogP contribution >= 0.6 is 0 Å². The van der Waals surface area contributed by atoms with Crippen molar-refractivity contribution in [2.45, 2.75) is 38.1 Å². The average Bonchev–Trinajstić information content (AvgIpc) is 2.87. The molecule has 0 saturated carbocycles. The van der Waals surface area contributed by atoms with Crippen LogP contribution in [-0.2, 0) is 33.8 Å². The first-order valence-electron chi connectivity index (χ1n) is 11.3. The predicted octanol–water partition coefficient (Wildman–Crippen LogP) is 5.08. The summed E-state index contributed by atoms with van der Waals surface area (Å²) in [5.41, 5.74) is 4.40. The molecule has 3 atom stereocenters. The molecular weight excluding hydrogens is 416 g/mol. The molecule has 0 aliphatic carbocycles. The van der Waals surface area contributed by atoms with Gasteiger partial charge in [0, 0.05) is 17.6 Å². The molecule has 0 spiro atoms. The van der Waals surface area contributed by atoms with Crippen molar-refractivity contribution in [2.75, 3.05) is 13.7 Å². The lowest BCUT2D eigenvalue weighted by atomic mass is 9.96. The lowest BCUT2D eigenvalue weighted by Crippen LogP contribution is -2.45. The summed E-state index contributed by atoms with van der Waals surface area (Å²) in [6, 6.07) is 26.2. The summed E-state index contributed by atoms with van der Waals surface area (Å²) in [5.74, 6) is 1.64. The third-order valence-corrected chi connectivity index (χ3v) is 5.92. The van der Waals surface area contributed by atoms with Crippen LogP contribution in [0.25, 0.3) is 0 Å². The Labute approximate surface area is 194 Å². The summed E-state index contributed by atoms with van der Waals surface area (Å²) in [6.45, 7) is 1.44. The van der Waals surface area contributed by atoms with E-state index in [-0.39, 0.29) is 12.2 Å². The molecule has 0 aromatic heterocycles. The minimum Gasteiger partial charge on any atom is -0.497 e. The molecule has 2 aliphatic rings. The van der Waals surface area contributed by atoms with Crippen molar-refractivity contribution >= 4 is 0 Å². The van der Waals surface area contributed by atoms with Crippen LogP contribution in [-0.4, -0.2) is 32.2 Å². The Morgan fingerprint density at radius 2 is 1.61 bits per heavy atom. The van der Waals surface area contributed by atoms with Gasteiger partial charge < -0.3 is 23.7 Å². The molecule has 2 heterocycles. The van der Waals surface area contributed by atoms with Crippen LogP contribution in [0.15, 0.2) is 90.5 Å². The second kappa shape index (κ2) is 10.2. The molecule has 0 N–H and O–H groups in total. The van der Waals surface area contributed by atoms with E-state index in [1.54, 1.807) is 7.11 Å². The van der Waals surface area contributed by atoms with Gasteiger partial charge in [0.05, 0.1) is 26.9 Å². The van der Waals surface area contributed by atoms with E-state index in [1.165, 1.54) is 0 Å². The quantitative estimate of drug-likeness (QED) is 0.453. The van der Waals surface area contributed by atoms with Crippen molar-refractivity contribution in [2.24, 2.45) is 0 Å².